The average Bonchev–Trinajstić information content (AvgIpc) is 2.46. The first-order valence-electron chi connectivity index (χ1n) is 7.89. The minimum Gasteiger partial charge on any atom is -0.300 e. The van der Waals surface area contributed by atoms with E-state index in [9.17, 15) is 0 Å². The van der Waals surface area contributed by atoms with E-state index in [1.54, 1.807) is 0 Å². The molecule has 0 amide bonds. The molecule has 0 spiro atoms. The number of thiol groups is 1. The summed E-state index contributed by atoms with van der Waals surface area (Å²) in [5, 5.41) is 0. The van der Waals surface area contributed by atoms with Crippen molar-refractivity contribution < 1.29 is 0 Å². The maximum absolute atomic E-state index is 4.58. The van der Waals surface area contributed by atoms with Crippen LogP contribution in [0.25, 0.3) is 0 Å². The summed E-state index contributed by atoms with van der Waals surface area (Å²) >= 11 is 4.58. The Kier molecular flexibility index (Phi) is 4.69. The number of benzene rings is 1. The highest BCUT2D eigenvalue weighted by molar-refractivity contribution is 7.80. The summed E-state index contributed by atoms with van der Waals surface area (Å²) in [4.78, 5) is 5.25. The maximum atomic E-state index is 4.58. The van der Waals surface area contributed by atoms with Crippen molar-refractivity contribution in [1.29, 1.82) is 0 Å². The lowest BCUT2D eigenvalue weighted by atomic mass is 9.70. The van der Waals surface area contributed by atoms with Gasteiger partial charge in [0.05, 0.1) is 0 Å². The van der Waals surface area contributed by atoms with E-state index < -0.39 is 0 Å². The Labute approximate surface area is 128 Å². The monoisotopic (exact) mass is 290 g/mol. The highest BCUT2D eigenvalue weighted by Crippen LogP contribution is 2.42. The maximum Gasteiger partial charge on any atom is 0.0234 e. The van der Waals surface area contributed by atoms with Gasteiger partial charge in [-0.25, -0.2) is 0 Å². The Morgan fingerprint density at radius 2 is 1.60 bits per heavy atom. The van der Waals surface area contributed by atoms with Gasteiger partial charge in [-0.1, -0.05) is 36.8 Å². The molecule has 20 heavy (non-hydrogen) atoms. The van der Waals surface area contributed by atoms with Gasteiger partial charge in [0, 0.05) is 39.3 Å². The van der Waals surface area contributed by atoms with Gasteiger partial charge in [0.2, 0.25) is 0 Å². The number of piperazine rings is 1. The second-order valence-corrected chi connectivity index (χ2v) is 6.87. The predicted octanol–water partition coefficient (Wildman–Crippen LogP) is 2.90. The predicted molar refractivity (Wildman–Crippen MR) is 88.3 cm³/mol. The lowest BCUT2D eigenvalue weighted by Gasteiger charge is -2.46. The molecule has 110 valence electrons. The van der Waals surface area contributed by atoms with E-state index in [4.69, 9.17) is 0 Å². The van der Waals surface area contributed by atoms with Crippen LogP contribution in [0.4, 0.5) is 0 Å². The van der Waals surface area contributed by atoms with Crippen LogP contribution in [0, 0.1) is 5.41 Å². The second-order valence-electron chi connectivity index (χ2n) is 6.55. The molecule has 2 aliphatic rings. The van der Waals surface area contributed by atoms with Gasteiger partial charge in [-0.15, -0.1) is 0 Å². The Morgan fingerprint density at radius 3 is 2.15 bits per heavy atom. The molecule has 0 radical (unpaired) electrons. The van der Waals surface area contributed by atoms with E-state index in [-0.39, 0.29) is 0 Å². The third-order valence-corrected chi connectivity index (χ3v) is 5.69. The van der Waals surface area contributed by atoms with E-state index >= 15 is 0 Å². The fourth-order valence-corrected chi connectivity index (χ4v) is 3.88. The SMILES string of the molecule is SCC1(CN2CCN(Cc3ccccc3)CC2)CCC1. The van der Waals surface area contributed by atoms with Gasteiger partial charge in [-0.3, -0.25) is 4.90 Å². The number of rotatable bonds is 5. The zero-order chi connectivity index (χ0) is 13.8. The number of nitrogens with zero attached hydrogens (tertiary/aromatic N) is 2. The Hall–Kier alpha value is -0.510. The molecule has 2 nitrogen and oxygen atoms in total. The van der Waals surface area contributed by atoms with Crippen LogP contribution in [0.15, 0.2) is 30.3 Å². The molecule has 0 bridgehead atoms. The van der Waals surface area contributed by atoms with Crippen LogP contribution in [0.1, 0.15) is 24.8 Å². The second kappa shape index (κ2) is 6.50. The van der Waals surface area contributed by atoms with E-state index in [1.807, 2.05) is 0 Å². The van der Waals surface area contributed by atoms with E-state index in [2.05, 4.69) is 52.8 Å². The van der Waals surface area contributed by atoms with Crippen molar-refractivity contribution in [2.24, 2.45) is 5.41 Å². The molecule has 3 rings (SSSR count). The van der Waals surface area contributed by atoms with Crippen molar-refractivity contribution in [2.45, 2.75) is 25.8 Å². The normalized spacial score (nSPS) is 23.4. The van der Waals surface area contributed by atoms with Crippen molar-refractivity contribution in [1.82, 2.24) is 9.80 Å². The molecule has 2 fully saturated rings. The molecule has 1 aromatic carbocycles. The van der Waals surface area contributed by atoms with Crippen molar-refractivity contribution in [3.05, 3.63) is 35.9 Å². The topological polar surface area (TPSA) is 6.48 Å². The Morgan fingerprint density at radius 1 is 0.950 bits per heavy atom. The first-order valence-corrected chi connectivity index (χ1v) is 8.52. The number of hydrogen-bond donors (Lipinski definition) is 1. The molecule has 0 N–H and O–H groups in total. The summed E-state index contributed by atoms with van der Waals surface area (Å²) < 4.78 is 0. The fraction of sp³-hybridized carbons (Fsp3) is 0.647. The standard InChI is InChI=1S/C17H26N2S/c20-15-17(7-4-8-17)14-19-11-9-18(10-12-19)13-16-5-2-1-3-6-16/h1-3,5-6,20H,4,7-15H2. The van der Waals surface area contributed by atoms with Gasteiger partial charge >= 0.3 is 0 Å². The van der Waals surface area contributed by atoms with Gasteiger partial charge < -0.3 is 4.90 Å². The van der Waals surface area contributed by atoms with Gasteiger partial charge in [-0.2, -0.15) is 12.6 Å². The Balaban J connectivity index is 1.45. The summed E-state index contributed by atoms with van der Waals surface area (Å²) in [6.45, 7) is 7.24. The lowest BCUT2D eigenvalue weighted by Crippen LogP contribution is -2.51. The van der Waals surface area contributed by atoms with E-state index in [1.165, 1.54) is 57.5 Å². The quantitative estimate of drug-likeness (QED) is 0.833. The van der Waals surface area contributed by atoms with Crippen LogP contribution in [-0.4, -0.2) is 48.3 Å². The van der Waals surface area contributed by atoms with Crippen LogP contribution in [0.3, 0.4) is 0 Å². The summed E-state index contributed by atoms with van der Waals surface area (Å²) in [5.41, 5.74) is 1.98. The lowest BCUT2D eigenvalue weighted by molar-refractivity contribution is 0.0518. The third kappa shape index (κ3) is 3.38. The molecule has 1 aliphatic carbocycles. The van der Waals surface area contributed by atoms with E-state index in [0.29, 0.717) is 5.41 Å². The largest absolute Gasteiger partial charge is 0.300 e. The highest BCUT2D eigenvalue weighted by atomic mass is 32.1. The molecule has 0 aromatic heterocycles. The van der Waals surface area contributed by atoms with Gasteiger partial charge in [0.15, 0.2) is 0 Å². The first kappa shape index (κ1) is 14.4. The summed E-state index contributed by atoms with van der Waals surface area (Å²) in [6, 6.07) is 10.8. The highest BCUT2D eigenvalue weighted by Gasteiger charge is 2.37. The van der Waals surface area contributed by atoms with Crippen LogP contribution < -0.4 is 0 Å². The van der Waals surface area contributed by atoms with Crippen LogP contribution in [0.5, 0.6) is 0 Å². The van der Waals surface area contributed by atoms with Crippen LogP contribution in [0.2, 0.25) is 0 Å². The molecule has 1 heterocycles. The number of hydrogen-bond acceptors (Lipinski definition) is 3. The molecule has 3 heteroatoms. The van der Waals surface area contributed by atoms with Gasteiger partial charge in [-0.05, 0) is 29.6 Å². The zero-order valence-corrected chi connectivity index (χ0v) is 13.2. The summed E-state index contributed by atoms with van der Waals surface area (Å²) in [7, 11) is 0. The molecule has 0 unspecified atom stereocenters. The smallest absolute Gasteiger partial charge is 0.0234 e. The third-order valence-electron chi connectivity index (χ3n) is 5.02. The fourth-order valence-electron chi connectivity index (χ4n) is 3.46. The van der Waals surface area contributed by atoms with Crippen molar-refractivity contribution in [2.75, 3.05) is 38.5 Å². The summed E-state index contributed by atoms with van der Waals surface area (Å²) in [6.07, 6.45) is 4.19. The van der Waals surface area contributed by atoms with Crippen molar-refractivity contribution in [3.63, 3.8) is 0 Å². The minimum atomic E-state index is 0.546. The van der Waals surface area contributed by atoms with E-state index in [0.717, 1.165) is 12.3 Å². The van der Waals surface area contributed by atoms with Crippen LogP contribution in [-0.2, 0) is 6.54 Å². The zero-order valence-electron chi connectivity index (χ0n) is 12.3. The molecular weight excluding hydrogens is 264 g/mol. The van der Waals surface area contributed by atoms with Gasteiger partial charge in [0.25, 0.3) is 0 Å². The minimum absolute atomic E-state index is 0.546. The van der Waals surface area contributed by atoms with Gasteiger partial charge in [0.1, 0.15) is 0 Å². The molecule has 1 aromatic rings. The molecule has 1 saturated heterocycles. The molecular formula is C17H26N2S. The molecule has 1 saturated carbocycles. The summed E-state index contributed by atoms with van der Waals surface area (Å²) in [5.74, 6) is 1.07. The van der Waals surface area contributed by atoms with Crippen molar-refractivity contribution in [3.8, 4) is 0 Å². The first-order chi connectivity index (χ1) is 9.80. The molecule has 0 atom stereocenters. The molecule has 1 aliphatic heterocycles. The average molecular weight is 290 g/mol. The van der Waals surface area contributed by atoms with Crippen LogP contribution >= 0.6 is 12.6 Å². The van der Waals surface area contributed by atoms with Crippen molar-refractivity contribution >= 4 is 12.6 Å². The Bertz CT molecular complexity index is 403.